The zero-order valence-corrected chi connectivity index (χ0v) is 14.1. The SMILES string of the molecule is CCN(CC)C(=O)C(NCc1ncccc1C)c1ccccc1. The van der Waals surface area contributed by atoms with Crippen molar-refractivity contribution in [1.29, 1.82) is 0 Å². The number of aryl methyl sites for hydroxylation is 1. The van der Waals surface area contributed by atoms with Gasteiger partial charge in [-0.25, -0.2) is 0 Å². The third-order valence-corrected chi connectivity index (χ3v) is 4.05. The second-order valence-corrected chi connectivity index (χ2v) is 5.50. The molecular formula is C19H25N3O. The average molecular weight is 311 g/mol. The highest BCUT2D eigenvalue weighted by Gasteiger charge is 2.24. The molecule has 0 aliphatic rings. The molecule has 1 aromatic heterocycles. The van der Waals surface area contributed by atoms with Crippen LogP contribution in [0.15, 0.2) is 48.7 Å². The molecule has 4 nitrogen and oxygen atoms in total. The van der Waals surface area contributed by atoms with Crippen molar-refractivity contribution in [2.24, 2.45) is 0 Å². The summed E-state index contributed by atoms with van der Waals surface area (Å²) < 4.78 is 0. The monoisotopic (exact) mass is 311 g/mol. The highest BCUT2D eigenvalue weighted by Crippen LogP contribution is 2.17. The van der Waals surface area contributed by atoms with Crippen LogP contribution in [0.2, 0.25) is 0 Å². The van der Waals surface area contributed by atoms with Crippen LogP contribution in [0.4, 0.5) is 0 Å². The molecule has 1 atom stereocenters. The second-order valence-electron chi connectivity index (χ2n) is 5.50. The summed E-state index contributed by atoms with van der Waals surface area (Å²) in [5.41, 5.74) is 3.08. The molecule has 0 aliphatic heterocycles. The highest BCUT2D eigenvalue weighted by atomic mass is 16.2. The number of nitrogens with one attached hydrogen (secondary N) is 1. The molecular weight excluding hydrogens is 286 g/mol. The summed E-state index contributed by atoms with van der Waals surface area (Å²) in [6.45, 7) is 8.04. The smallest absolute Gasteiger partial charge is 0.244 e. The van der Waals surface area contributed by atoms with Gasteiger partial charge in [0.2, 0.25) is 5.91 Å². The van der Waals surface area contributed by atoms with Gasteiger partial charge in [0.15, 0.2) is 0 Å². The summed E-state index contributed by atoms with van der Waals surface area (Å²) in [7, 11) is 0. The van der Waals surface area contributed by atoms with Gasteiger partial charge >= 0.3 is 0 Å². The molecule has 4 heteroatoms. The molecule has 0 spiro atoms. The van der Waals surface area contributed by atoms with Gasteiger partial charge in [0.25, 0.3) is 0 Å². The number of carbonyl (C=O) groups is 1. The Morgan fingerprint density at radius 2 is 1.83 bits per heavy atom. The Bertz CT molecular complexity index is 624. The van der Waals surface area contributed by atoms with E-state index in [9.17, 15) is 4.79 Å². The molecule has 0 saturated carbocycles. The Morgan fingerprint density at radius 1 is 1.13 bits per heavy atom. The Kier molecular flexibility index (Phi) is 6.29. The van der Waals surface area contributed by atoms with E-state index in [0.29, 0.717) is 19.6 Å². The van der Waals surface area contributed by atoms with Gasteiger partial charge in [-0.2, -0.15) is 0 Å². The van der Waals surface area contributed by atoms with E-state index >= 15 is 0 Å². The minimum absolute atomic E-state index is 0.106. The normalized spacial score (nSPS) is 12.0. The minimum atomic E-state index is -0.350. The highest BCUT2D eigenvalue weighted by molar-refractivity contribution is 5.83. The Hall–Kier alpha value is -2.20. The van der Waals surface area contributed by atoms with Crippen LogP contribution in [0.5, 0.6) is 0 Å². The Morgan fingerprint density at radius 3 is 2.43 bits per heavy atom. The lowest BCUT2D eigenvalue weighted by Crippen LogP contribution is -2.40. The number of hydrogen-bond acceptors (Lipinski definition) is 3. The van der Waals surface area contributed by atoms with Crippen molar-refractivity contribution in [3.63, 3.8) is 0 Å². The molecule has 1 N–H and O–H groups in total. The molecule has 0 radical (unpaired) electrons. The molecule has 0 fully saturated rings. The maximum absolute atomic E-state index is 12.9. The van der Waals surface area contributed by atoms with Gasteiger partial charge in [-0.1, -0.05) is 36.4 Å². The fraction of sp³-hybridized carbons (Fsp3) is 0.368. The standard InChI is InChI=1S/C19H25N3O/c1-4-22(5-2)19(23)18(16-11-7-6-8-12-16)21-14-17-15(3)10-9-13-20-17/h6-13,18,21H,4-5,14H2,1-3H3. The van der Waals surface area contributed by atoms with Gasteiger partial charge < -0.3 is 4.90 Å². The number of rotatable bonds is 7. The summed E-state index contributed by atoms with van der Waals surface area (Å²) >= 11 is 0. The summed E-state index contributed by atoms with van der Waals surface area (Å²) in [5.74, 6) is 0.106. The largest absolute Gasteiger partial charge is 0.342 e. The molecule has 122 valence electrons. The zero-order chi connectivity index (χ0) is 16.7. The first-order chi connectivity index (χ1) is 11.2. The van der Waals surface area contributed by atoms with Crippen molar-refractivity contribution in [3.05, 3.63) is 65.5 Å². The number of aromatic nitrogens is 1. The van der Waals surface area contributed by atoms with Crippen LogP contribution in [0.3, 0.4) is 0 Å². The van der Waals surface area contributed by atoms with E-state index in [-0.39, 0.29) is 11.9 Å². The van der Waals surface area contributed by atoms with Crippen LogP contribution >= 0.6 is 0 Å². The number of nitrogens with zero attached hydrogens (tertiary/aromatic N) is 2. The molecule has 0 saturated heterocycles. The summed E-state index contributed by atoms with van der Waals surface area (Å²) in [6.07, 6.45) is 1.79. The van der Waals surface area contributed by atoms with Crippen molar-refractivity contribution in [3.8, 4) is 0 Å². The molecule has 1 aromatic carbocycles. The van der Waals surface area contributed by atoms with E-state index in [4.69, 9.17) is 0 Å². The van der Waals surface area contributed by atoms with Crippen LogP contribution < -0.4 is 5.32 Å². The number of carbonyl (C=O) groups excluding carboxylic acids is 1. The maximum atomic E-state index is 12.9. The molecule has 0 bridgehead atoms. The number of benzene rings is 1. The summed E-state index contributed by atoms with van der Waals surface area (Å²) in [4.78, 5) is 19.1. The van der Waals surface area contributed by atoms with Gasteiger partial charge in [0.05, 0.1) is 5.69 Å². The van der Waals surface area contributed by atoms with Crippen molar-refractivity contribution in [1.82, 2.24) is 15.2 Å². The van der Waals surface area contributed by atoms with E-state index in [1.165, 1.54) is 0 Å². The van der Waals surface area contributed by atoms with E-state index in [0.717, 1.165) is 16.8 Å². The van der Waals surface area contributed by atoms with Crippen LogP contribution in [0.1, 0.15) is 36.7 Å². The van der Waals surface area contributed by atoms with Crippen LogP contribution in [-0.2, 0) is 11.3 Å². The fourth-order valence-corrected chi connectivity index (χ4v) is 2.61. The minimum Gasteiger partial charge on any atom is -0.342 e. The second kappa shape index (κ2) is 8.44. The number of pyridine rings is 1. The van der Waals surface area contributed by atoms with Gasteiger partial charge in [-0.05, 0) is 38.0 Å². The first kappa shape index (κ1) is 17.2. The van der Waals surface area contributed by atoms with E-state index < -0.39 is 0 Å². The number of amides is 1. The molecule has 1 heterocycles. The predicted octanol–water partition coefficient (Wildman–Crippen LogP) is 3.09. The van der Waals surface area contributed by atoms with Gasteiger partial charge in [0.1, 0.15) is 6.04 Å². The average Bonchev–Trinajstić information content (AvgIpc) is 2.59. The summed E-state index contributed by atoms with van der Waals surface area (Å²) in [6, 6.07) is 13.5. The van der Waals surface area contributed by atoms with Crippen LogP contribution in [0, 0.1) is 6.92 Å². The van der Waals surface area contributed by atoms with Crippen molar-refractivity contribution >= 4 is 5.91 Å². The topological polar surface area (TPSA) is 45.2 Å². The van der Waals surface area contributed by atoms with E-state index in [1.807, 2.05) is 68.1 Å². The molecule has 23 heavy (non-hydrogen) atoms. The summed E-state index contributed by atoms with van der Waals surface area (Å²) in [5, 5.41) is 3.39. The molecule has 2 aromatic rings. The van der Waals surface area contributed by atoms with E-state index in [1.54, 1.807) is 6.20 Å². The first-order valence-electron chi connectivity index (χ1n) is 8.15. The van der Waals surface area contributed by atoms with Crippen molar-refractivity contribution < 1.29 is 4.79 Å². The zero-order valence-electron chi connectivity index (χ0n) is 14.1. The van der Waals surface area contributed by atoms with Crippen molar-refractivity contribution in [2.45, 2.75) is 33.4 Å². The molecule has 1 amide bonds. The molecule has 0 aliphatic carbocycles. The van der Waals surface area contributed by atoms with Gasteiger partial charge in [-0.15, -0.1) is 0 Å². The maximum Gasteiger partial charge on any atom is 0.244 e. The number of likely N-dealkylation sites (N-methyl/N-ethyl adjacent to an activating group) is 1. The Balaban J connectivity index is 2.20. The van der Waals surface area contributed by atoms with Crippen LogP contribution in [0.25, 0.3) is 0 Å². The van der Waals surface area contributed by atoms with E-state index in [2.05, 4.69) is 10.3 Å². The Labute approximate surface area is 138 Å². The fourth-order valence-electron chi connectivity index (χ4n) is 2.61. The molecule has 2 rings (SSSR count). The lowest BCUT2D eigenvalue weighted by Gasteiger charge is -2.26. The van der Waals surface area contributed by atoms with Crippen molar-refractivity contribution in [2.75, 3.05) is 13.1 Å². The van der Waals surface area contributed by atoms with Gasteiger partial charge in [0, 0.05) is 25.8 Å². The van der Waals surface area contributed by atoms with Crippen LogP contribution in [-0.4, -0.2) is 28.9 Å². The number of hydrogen-bond donors (Lipinski definition) is 1. The third-order valence-electron chi connectivity index (χ3n) is 4.05. The van der Waals surface area contributed by atoms with Gasteiger partial charge in [-0.3, -0.25) is 15.1 Å². The third kappa shape index (κ3) is 4.39. The first-order valence-corrected chi connectivity index (χ1v) is 8.15. The molecule has 1 unspecified atom stereocenters. The lowest BCUT2D eigenvalue weighted by atomic mass is 10.0. The quantitative estimate of drug-likeness (QED) is 0.854. The lowest BCUT2D eigenvalue weighted by molar-refractivity contribution is -0.133. The predicted molar refractivity (Wildman–Crippen MR) is 92.9 cm³/mol.